The Labute approximate surface area is 113 Å². The summed E-state index contributed by atoms with van der Waals surface area (Å²) in [6.07, 6.45) is 2.65. The van der Waals surface area contributed by atoms with Crippen molar-refractivity contribution >= 4 is 23.2 Å². The monoisotopic (exact) mass is 269 g/mol. The van der Waals surface area contributed by atoms with E-state index < -0.39 is 0 Å². The van der Waals surface area contributed by atoms with Crippen LogP contribution in [-0.4, -0.2) is 16.9 Å². The molecular formula is C13H20ClN3O. The number of aromatic nitrogens is 1. The molecule has 0 spiro atoms. The molecule has 0 aliphatic carbocycles. The van der Waals surface area contributed by atoms with Gasteiger partial charge >= 0.3 is 0 Å². The van der Waals surface area contributed by atoms with Crippen LogP contribution in [0.15, 0.2) is 18.3 Å². The number of nitrogens with one attached hydrogen (secondary N) is 1. The lowest BCUT2D eigenvalue weighted by atomic mass is 9.87. The van der Waals surface area contributed by atoms with Crippen LogP contribution in [0.5, 0.6) is 0 Å². The second kappa shape index (κ2) is 6.16. The van der Waals surface area contributed by atoms with Crippen LogP contribution in [0.1, 0.15) is 33.6 Å². The van der Waals surface area contributed by atoms with E-state index in [-0.39, 0.29) is 17.4 Å². The highest BCUT2D eigenvalue weighted by atomic mass is 35.5. The quantitative estimate of drug-likeness (QED) is 0.826. The molecule has 0 bridgehead atoms. The van der Waals surface area contributed by atoms with Crippen LogP contribution in [0.2, 0.25) is 5.15 Å². The first-order valence-electron chi connectivity index (χ1n) is 5.93. The summed E-state index contributed by atoms with van der Waals surface area (Å²) in [6.45, 7) is 6.31. The highest BCUT2D eigenvalue weighted by Gasteiger charge is 2.18. The number of carbonyl (C=O) groups excluding carboxylic acids is 1. The third kappa shape index (κ3) is 5.98. The van der Waals surface area contributed by atoms with Crippen LogP contribution in [-0.2, 0) is 4.79 Å². The smallest absolute Gasteiger partial charge is 0.225 e. The van der Waals surface area contributed by atoms with Crippen molar-refractivity contribution < 1.29 is 4.79 Å². The number of hydrogen-bond acceptors (Lipinski definition) is 3. The SMILES string of the molecule is CC(C)(C)CC(N)CC(=O)Nc1ccnc(Cl)c1. The molecule has 0 saturated heterocycles. The van der Waals surface area contributed by atoms with E-state index >= 15 is 0 Å². The summed E-state index contributed by atoms with van der Waals surface area (Å²) in [5.41, 5.74) is 6.71. The fourth-order valence-corrected chi connectivity index (χ4v) is 1.96. The summed E-state index contributed by atoms with van der Waals surface area (Å²) in [6, 6.07) is 3.16. The molecule has 5 heteroatoms. The summed E-state index contributed by atoms with van der Waals surface area (Å²) >= 11 is 5.73. The van der Waals surface area contributed by atoms with Gasteiger partial charge in [-0.1, -0.05) is 32.4 Å². The number of pyridine rings is 1. The zero-order chi connectivity index (χ0) is 13.8. The molecule has 18 heavy (non-hydrogen) atoms. The largest absolute Gasteiger partial charge is 0.327 e. The molecule has 1 aromatic rings. The van der Waals surface area contributed by atoms with E-state index in [1.54, 1.807) is 18.3 Å². The summed E-state index contributed by atoms with van der Waals surface area (Å²) in [4.78, 5) is 15.6. The van der Waals surface area contributed by atoms with Crippen LogP contribution >= 0.6 is 11.6 Å². The van der Waals surface area contributed by atoms with Crippen LogP contribution < -0.4 is 11.1 Å². The second-order valence-electron chi connectivity index (χ2n) is 5.64. The lowest BCUT2D eigenvalue weighted by Gasteiger charge is -2.22. The van der Waals surface area contributed by atoms with Crippen molar-refractivity contribution in [1.29, 1.82) is 0 Å². The molecule has 1 amide bonds. The van der Waals surface area contributed by atoms with Gasteiger partial charge in [-0.3, -0.25) is 4.79 Å². The lowest BCUT2D eigenvalue weighted by molar-refractivity contribution is -0.116. The zero-order valence-electron chi connectivity index (χ0n) is 11.0. The Morgan fingerprint density at radius 1 is 1.56 bits per heavy atom. The van der Waals surface area contributed by atoms with Gasteiger partial charge < -0.3 is 11.1 Å². The zero-order valence-corrected chi connectivity index (χ0v) is 11.8. The van der Waals surface area contributed by atoms with Crippen molar-refractivity contribution in [3.05, 3.63) is 23.5 Å². The summed E-state index contributed by atoms with van der Waals surface area (Å²) in [7, 11) is 0. The van der Waals surface area contributed by atoms with Crippen molar-refractivity contribution in [1.82, 2.24) is 4.98 Å². The molecule has 0 aliphatic heterocycles. The molecule has 1 heterocycles. The van der Waals surface area contributed by atoms with Crippen LogP contribution in [0.25, 0.3) is 0 Å². The molecular weight excluding hydrogens is 250 g/mol. The minimum Gasteiger partial charge on any atom is -0.327 e. The fraction of sp³-hybridized carbons (Fsp3) is 0.538. The van der Waals surface area contributed by atoms with E-state index in [4.69, 9.17) is 17.3 Å². The number of anilines is 1. The topological polar surface area (TPSA) is 68.0 Å². The number of hydrogen-bond donors (Lipinski definition) is 2. The van der Waals surface area contributed by atoms with Gasteiger partial charge in [0.05, 0.1) is 0 Å². The van der Waals surface area contributed by atoms with Gasteiger partial charge in [0.25, 0.3) is 0 Å². The first kappa shape index (κ1) is 14.9. The molecule has 1 atom stereocenters. The van der Waals surface area contributed by atoms with Crippen LogP contribution in [0.3, 0.4) is 0 Å². The first-order valence-corrected chi connectivity index (χ1v) is 6.31. The maximum absolute atomic E-state index is 11.8. The minimum absolute atomic E-state index is 0.103. The van der Waals surface area contributed by atoms with Crippen molar-refractivity contribution in [2.75, 3.05) is 5.32 Å². The Morgan fingerprint density at radius 3 is 2.78 bits per heavy atom. The standard InChI is InChI=1S/C13H20ClN3O/c1-13(2,3)8-9(15)6-12(18)17-10-4-5-16-11(14)7-10/h4-5,7,9H,6,8,15H2,1-3H3,(H,16,17,18). The molecule has 4 nitrogen and oxygen atoms in total. The molecule has 1 rings (SSSR count). The van der Waals surface area contributed by atoms with Crippen molar-refractivity contribution in [3.63, 3.8) is 0 Å². The molecule has 0 fully saturated rings. The van der Waals surface area contributed by atoms with E-state index in [2.05, 4.69) is 31.1 Å². The average Bonchev–Trinajstić information content (AvgIpc) is 2.13. The van der Waals surface area contributed by atoms with Crippen molar-refractivity contribution in [2.24, 2.45) is 11.1 Å². The normalized spacial score (nSPS) is 13.2. The number of nitrogens with two attached hydrogens (primary N) is 1. The molecule has 100 valence electrons. The minimum atomic E-state index is -0.137. The Bertz CT molecular complexity index is 415. The van der Waals surface area contributed by atoms with E-state index in [1.165, 1.54) is 0 Å². The maximum atomic E-state index is 11.8. The summed E-state index contributed by atoms with van der Waals surface area (Å²) in [5.74, 6) is -0.103. The first-order chi connectivity index (χ1) is 8.26. The van der Waals surface area contributed by atoms with Gasteiger partial charge in [0, 0.05) is 24.3 Å². The Balaban J connectivity index is 2.47. The van der Waals surface area contributed by atoms with Gasteiger partial charge in [-0.2, -0.15) is 0 Å². The van der Waals surface area contributed by atoms with Gasteiger partial charge in [-0.25, -0.2) is 4.98 Å². The predicted octanol–water partition coefficient (Wildman–Crippen LogP) is 2.83. The van der Waals surface area contributed by atoms with Gasteiger partial charge in [0.2, 0.25) is 5.91 Å². The number of amides is 1. The number of carbonyl (C=O) groups is 1. The summed E-state index contributed by atoms with van der Waals surface area (Å²) < 4.78 is 0. The van der Waals surface area contributed by atoms with Gasteiger partial charge in [-0.15, -0.1) is 0 Å². The predicted molar refractivity (Wildman–Crippen MR) is 74.5 cm³/mol. The highest BCUT2D eigenvalue weighted by molar-refractivity contribution is 6.29. The Morgan fingerprint density at radius 2 is 2.22 bits per heavy atom. The van der Waals surface area contributed by atoms with E-state index in [1.807, 2.05) is 0 Å². The molecule has 0 aromatic carbocycles. The van der Waals surface area contributed by atoms with Gasteiger partial charge in [0.15, 0.2) is 0 Å². The molecule has 0 aliphatic rings. The van der Waals surface area contributed by atoms with E-state index in [0.29, 0.717) is 17.3 Å². The molecule has 0 saturated carbocycles. The Kier molecular flexibility index (Phi) is 5.11. The average molecular weight is 270 g/mol. The molecule has 3 N–H and O–H groups in total. The third-order valence-corrected chi connectivity index (χ3v) is 2.54. The number of halogens is 1. The van der Waals surface area contributed by atoms with Gasteiger partial charge in [0.1, 0.15) is 5.15 Å². The second-order valence-corrected chi connectivity index (χ2v) is 6.03. The van der Waals surface area contributed by atoms with E-state index in [9.17, 15) is 4.79 Å². The van der Waals surface area contributed by atoms with E-state index in [0.717, 1.165) is 6.42 Å². The number of rotatable bonds is 4. The lowest BCUT2D eigenvalue weighted by Crippen LogP contribution is -2.31. The molecule has 1 aromatic heterocycles. The van der Waals surface area contributed by atoms with Crippen LogP contribution in [0.4, 0.5) is 5.69 Å². The third-order valence-electron chi connectivity index (χ3n) is 2.33. The van der Waals surface area contributed by atoms with Crippen molar-refractivity contribution in [3.8, 4) is 0 Å². The van der Waals surface area contributed by atoms with Crippen LogP contribution in [0, 0.1) is 5.41 Å². The Hall–Kier alpha value is -1.13. The molecule has 1 unspecified atom stereocenters. The summed E-state index contributed by atoms with van der Waals surface area (Å²) in [5, 5.41) is 3.11. The van der Waals surface area contributed by atoms with Crippen molar-refractivity contribution in [2.45, 2.75) is 39.7 Å². The fourth-order valence-electron chi connectivity index (χ4n) is 1.79. The van der Waals surface area contributed by atoms with Gasteiger partial charge in [-0.05, 0) is 24.0 Å². The highest BCUT2D eigenvalue weighted by Crippen LogP contribution is 2.21. The number of nitrogens with zero attached hydrogens (tertiary/aromatic N) is 1. The maximum Gasteiger partial charge on any atom is 0.225 e. The molecule has 0 radical (unpaired) electrons.